The molecule has 0 bridgehead atoms. The first kappa shape index (κ1) is 18.2. The average Bonchev–Trinajstić information content (AvgIpc) is 2.79. The van der Waals surface area contributed by atoms with Crippen molar-refractivity contribution in [1.82, 2.24) is 19.4 Å². The molecule has 6 heteroatoms. The van der Waals surface area contributed by atoms with Crippen LogP contribution in [-0.4, -0.2) is 31.9 Å². The van der Waals surface area contributed by atoms with E-state index in [9.17, 15) is 9.59 Å². The number of aryl methyl sites for hydroxylation is 1. The Labute approximate surface area is 173 Å². The normalized spacial score (nSPS) is 13.3. The van der Waals surface area contributed by atoms with Crippen LogP contribution in [0.25, 0.3) is 22.2 Å². The van der Waals surface area contributed by atoms with Crippen LogP contribution in [0.1, 0.15) is 21.5 Å². The van der Waals surface area contributed by atoms with E-state index in [1.165, 1.54) is 0 Å². The Kier molecular flexibility index (Phi) is 4.39. The van der Waals surface area contributed by atoms with Crippen LogP contribution < -0.4 is 5.56 Å². The number of rotatable bonds is 2. The minimum Gasteiger partial charge on any atom is -0.334 e. The lowest BCUT2D eigenvalue weighted by molar-refractivity contribution is 0.0736. The van der Waals surface area contributed by atoms with Crippen molar-refractivity contribution in [2.75, 3.05) is 6.54 Å². The van der Waals surface area contributed by atoms with Crippen molar-refractivity contribution >= 4 is 16.8 Å². The first-order chi connectivity index (χ1) is 14.6. The maximum Gasteiger partial charge on any atom is 0.254 e. The summed E-state index contributed by atoms with van der Waals surface area (Å²) in [5, 5.41) is 0.835. The Balaban J connectivity index is 1.58. The highest BCUT2D eigenvalue weighted by atomic mass is 16.2. The largest absolute Gasteiger partial charge is 0.334 e. The first-order valence-corrected chi connectivity index (χ1v) is 9.88. The van der Waals surface area contributed by atoms with Crippen LogP contribution in [0, 0.1) is 0 Å². The summed E-state index contributed by atoms with van der Waals surface area (Å²) in [4.78, 5) is 36.3. The minimum atomic E-state index is -0.0294. The van der Waals surface area contributed by atoms with Crippen LogP contribution >= 0.6 is 0 Å². The molecule has 4 heterocycles. The van der Waals surface area contributed by atoms with Crippen molar-refractivity contribution in [3.05, 3.63) is 94.2 Å². The summed E-state index contributed by atoms with van der Waals surface area (Å²) in [5.74, 6) is -0.0294. The number of amides is 1. The van der Waals surface area contributed by atoms with Gasteiger partial charge in [-0.1, -0.05) is 18.2 Å². The molecule has 148 valence electrons. The monoisotopic (exact) mass is 396 g/mol. The number of carbonyl (C=O) groups excluding carboxylic acids is 1. The fraction of sp³-hybridized carbons (Fsp3) is 0.167. The van der Waals surface area contributed by atoms with E-state index in [1.54, 1.807) is 30.1 Å². The molecule has 0 N–H and O–H groups in total. The number of para-hydroxylation sites is 1. The molecular formula is C24H20N4O2. The maximum absolute atomic E-state index is 13.6. The molecule has 4 aromatic rings. The summed E-state index contributed by atoms with van der Waals surface area (Å²) in [6.07, 6.45) is 5.98. The van der Waals surface area contributed by atoms with Gasteiger partial charge in [-0.2, -0.15) is 0 Å². The highest BCUT2D eigenvalue weighted by Crippen LogP contribution is 2.27. The lowest BCUT2D eigenvalue weighted by Gasteiger charge is -2.29. The van der Waals surface area contributed by atoms with Gasteiger partial charge in [0.15, 0.2) is 0 Å². The second-order valence-corrected chi connectivity index (χ2v) is 7.56. The van der Waals surface area contributed by atoms with Crippen LogP contribution in [0.5, 0.6) is 0 Å². The zero-order valence-electron chi connectivity index (χ0n) is 16.6. The molecule has 0 saturated carbocycles. The zero-order valence-corrected chi connectivity index (χ0v) is 16.6. The Morgan fingerprint density at radius 2 is 1.93 bits per heavy atom. The van der Waals surface area contributed by atoms with Crippen LogP contribution in [0.4, 0.5) is 0 Å². The van der Waals surface area contributed by atoms with Crippen molar-refractivity contribution in [1.29, 1.82) is 0 Å². The number of fused-ring (bicyclic) bond motifs is 2. The molecule has 6 nitrogen and oxygen atoms in total. The number of hydrogen-bond acceptors (Lipinski definition) is 4. The van der Waals surface area contributed by atoms with Gasteiger partial charge in [0, 0.05) is 55.7 Å². The molecule has 0 spiro atoms. The van der Waals surface area contributed by atoms with Gasteiger partial charge in [0.05, 0.1) is 16.8 Å². The lowest BCUT2D eigenvalue weighted by atomic mass is 9.99. The van der Waals surface area contributed by atoms with Crippen LogP contribution in [-0.2, 0) is 20.0 Å². The van der Waals surface area contributed by atoms with E-state index in [2.05, 4.69) is 4.98 Å². The summed E-state index contributed by atoms with van der Waals surface area (Å²) in [7, 11) is 1.74. The summed E-state index contributed by atoms with van der Waals surface area (Å²) < 4.78 is 1.56. The van der Waals surface area contributed by atoms with Crippen LogP contribution in [0.2, 0.25) is 0 Å². The standard InChI is InChI=1S/C24H20N4O2/c1-27-14-18-15-28(10-8-16(18)11-23(27)29)24(30)20-12-22(17-5-4-9-25-13-17)26-21-7-3-2-6-19(20)21/h2-7,9,11-14H,8,10,15H2,1H3. The molecule has 1 aliphatic rings. The smallest absolute Gasteiger partial charge is 0.254 e. The van der Waals surface area contributed by atoms with Crippen molar-refractivity contribution in [3.63, 3.8) is 0 Å². The fourth-order valence-corrected chi connectivity index (χ4v) is 4.00. The molecule has 0 atom stereocenters. The number of carbonyl (C=O) groups is 1. The van der Waals surface area contributed by atoms with Gasteiger partial charge in [-0.15, -0.1) is 0 Å². The number of nitrogens with zero attached hydrogens (tertiary/aromatic N) is 4. The maximum atomic E-state index is 13.6. The van der Waals surface area contributed by atoms with Crippen molar-refractivity contribution < 1.29 is 4.79 Å². The summed E-state index contributed by atoms with van der Waals surface area (Å²) in [6, 6.07) is 15.0. The van der Waals surface area contributed by atoms with E-state index in [-0.39, 0.29) is 11.5 Å². The van der Waals surface area contributed by atoms with E-state index in [4.69, 9.17) is 4.98 Å². The van der Waals surface area contributed by atoms with Gasteiger partial charge < -0.3 is 9.47 Å². The third kappa shape index (κ3) is 3.16. The second-order valence-electron chi connectivity index (χ2n) is 7.56. The third-order valence-corrected chi connectivity index (χ3v) is 5.61. The molecular weight excluding hydrogens is 376 g/mol. The number of benzene rings is 1. The predicted molar refractivity (Wildman–Crippen MR) is 115 cm³/mol. The minimum absolute atomic E-state index is 0.0187. The van der Waals surface area contributed by atoms with Gasteiger partial charge in [0.2, 0.25) is 0 Å². The van der Waals surface area contributed by atoms with E-state index >= 15 is 0 Å². The Hall–Kier alpha value is -3.80. The second kappa shape index (κ2) is 7.22. The molecule has 0 saturated heterocycles. The summed E-state index contributed by atoms with van der Waals surface area (Å²) in [6.45, 7) is 1.07. The highest BCUT2D eigenvalue weighted by Gasteiger charge is 2.24. The predicted octanol–water partition coefficient (Wildman–Crippen LogP) is 3.19. The summed E-state index contributed by atoms with van der Waals surface area (Å²) in [5.41, 5.74) is 5.03. The van der Waals surface area contributed by atoms with Gasteiger partial charge in [0.1, 0.15) is 0 Å². The van der Waals surface area contributed by atoms with Crippen molar-refractivity contribution in [2.45, 2.75) is 13.0 Å². The van der Waals surface area contributed by atoms with Crippen LogP contribution in [0.3, 0.4) is 0 Å². The fourth-order valence-electron chi connectivity index (χ4n) is 4.00. The first-order valence-electron chi connectivity index (χ1n) is 9.88. The molecule has 0 unspecified atom stereocenters. The van der Waals surface area contributed by atoms with Gasteiger partial charge in [0.25, 0.3) is 11.5 Å². The van der Waals surface area contributed by atoms with Gasteiger partial charge in [-0.05, 0) is 41.8 Å². The molecule has 1 aromatic carbocycles. The van der Waals surface area contributed by atoms with Crippen molar-refractivity contribution in [2.24, 2.45) is 7.05 Å². The molecule has 1 amide bonds. The highest BCUT2D eigenvalue weighted by molar-refractivity contribution is 6.07. The van der Waals surface area contributed by atoms with E-state index in [0.717, 1.165) is 33.3 Å². The lowest BCUT2D eigenvalue weighted by Crippen LogP contribution is -2.37. The van der Waals surface area contributed by atoms with Gasteiger partial charge in [-0.25, -0.2) is 4.98 Å². The van der Waals surface area contributed by atoms with Gasteiger partial charge >= 0.3 is 0 Å². The summed E-state index contributed by atoms with van der Waals surface area (Å²) >= 11 is 0. The van der Waals surface area contributed by atoms with Gasteiger partial charge in [-0.3, -0.25) is 14.6 Å². The Bertz CT molecular complexity index is 1330. The molecule has 1 aliphatic heterocycles. The topological polar surface area (TPSA) is 68.1 Å². The van der Waals surface area contributed by atoms with Crippen LogP contribution in [0.15, 0.2) is 71.9 Å². The average molecular weight is 396 g/mol. The number of hydrogen-bond donors (Lipinski definition) is 0. The SMILES string of the molecule is Cn1cc2c(cc1=O)CCN(C(=O)c1cc(-c3cccnc3)nc3ccccc13)C2. The third-order valence-electron chi connectivity index (χ3n) is 5.61. The van der Waals surface area contributed by atoms with E-state index in [1.807, 2.05) is 53.6 Å². The molecule has 0 aliphatic carbocycles. The quantitative estimate of drug-likeness (QED) is 0.522. The van der Waals surface area contributed by atoms with Crippen molar-refractivity contribution in [3.8, 4) is 11.3 Å². The molecule has 3 aromatic heterocycles. The van der Waals surface area contributed by atoms with E-state index in [0.29, 0.717) is 25.1 Å². The Morgan fingerprint density at radius 1 is 1.07 bits per heavy atom. The van der Waals surface area contributed by atoms with E-state index < -0.39 is 0 Å². The number of aromatic nitrogens is 3. The molecule has 5 rings (SSSR count). The molecule has 30 heavy (non-hydrogen) atoms. The Morgan fingerprint density at radius 3 is 2.77 bits per heavy atom. The zero-order chi connectivity index (χ0) is 20.7. The molecule has 0 fully saturated rings. The molecule has 0 radical (unpaired) electrons. The number of pyridine rings is 3.